The van der Waals surface area contributed by atoms with Gasteiger partial charge in [0.2, 0.25) is 0 Å². The number of carbonyl (C=O) groups is 1. The number of carbonyl (C=O) groups excluding carboxylic acids is 1. The fourth-order valence-corrected chi connectivity index (χ4v) is 10.5. The number of nitrogens with zero attached hydrogens (tertiary/aromatic N) is 5. The zero-order valence-electron chi connectivity index (χ0n) is 24.6. The highest BCUT2D eigenvalue weighted by Crippen LogP contribution is 2.67. The van der Waals surface area contributed by atoms with E-state index in [1.165, 1.54) is 22.9 Å². The second-order valence-corrected chi connectivity index (χ2v) is 14.5. The van der Waals surface area contributed by atoms with Gasteiger partial charge in [-0.1, -0.05) is 43.3 Å². The maximum atomic E-state index is 13.9. The van der Waals surface area contributed by atoms with Crippen molar-refractivity contribution in [1.29, 1.82) is 5.26 Å². The molecule has 0 bridgehead atoms. The molecule has 1 aromatic carbocycles. The fraction of sp³-hybridized carbons (Fsp3) is 0.576. The van der Waals surface area contributed by atoms with Gasteiger partial charge < -0.3 is 14.8 Å². The molecule has 4 aliphatic rings. The predicted octanol–water partition coefficient (Wildman–Crippen LogP) is 4.93. The summed E-state index contributed by atoms with van der Waals surface area (Å²) in [6.45, 7) is 4.95. The number of benzene rings is 1. The summed E-state index contributed by atoms with van der Waals surface area (Å²) in [5.74, 6) is 0.496. The van der Waals surface area contributed by atoms with Crippen LogP contribution in [0.25, 0.3) is 17.1 Å². The average Bonchev–Trinajstić information content (AvgIpc) is 3.60. The first-order valence-corrected chi connectivity index (χ1v) is 16.2. The molecule has 0 spiro atoms. The number of hydrogen-bond donors (Lipinski definition) is 2. The third kappa shape index (κ3) is 3.84. The predicted molar refractivity (Wildman–Crippen MR) is 161 cm³/mol. The summed E-state index contributed by atoms with van der Waals surface area (Å²) in [6, 6.07) is 10.1. The Labute approximate surface area is 250 Å². The molecule has 3 fully saturated rings. The van der Waals surface area contributed by atoms with Crippen LogP contribution in [0.2, 0.25) is 0 Å². The number of thioether (sulfide) groups is 1. The van der Waals surface area contributed by atoms with Gasteiger partial charge in [0.1, 0.15) is 5.60 Å². The first kappa shape index (κ1) is 27.9. The number of para-hydroxylation sites is 2. The van der Waals surface area contributed by atoms with Crippen molar-refractivity contribution in [3.63, 3.8) is 0 Å². The van der Waals surface area contributed by atoms with Crippen LogP contribution < -0.4 is 0 Å². The van der Waals surface area contributed by atoms with E-state index in [0.29, 0.717) is 25.8 Å². The second kappa shape index (κ2) is 9.80. The number of Topliss-reactive ketones (excluding diaryl/α,β-unsaturated/α-hetero) is 1. The summed E-state index contributed by atoms with van der Waals surface area (Å²) in [6.07, 6.45) is 8.41. The van der Waals surface area contributed by atoms with Gasteiger partial charge in [0.05, 0.1) is 53.8 Å². The van der Waals surface area contributed by atoms with E-state index in [1.807, 2.05) is 46.8 Å². The average molecular weight is 586 g/mol. The van der Waals surface area contributed by atoms with Crippen LogP contribution in [-0.4, -0.2) is 52.8 Å². The maximum absolute atomic E-state index is 13.9. The van der Waals surface area contributed by atoms with Crippen molar-refractivity contribution >= 4 is 34.7 Å². The van der Waals surface area contributed by atoms with E-state index < -0.39 is 17.1 Å². The standard InChI is InChI=1S/C33H39N5O3S/c1-31-16-20-18-35-38(14-6-13-34)26(20)15-21(31)9-10-22-23-11-12-33(41,32(23,2)17-27(39)29(22)31)28(40)19-42-30-36-24-7-4-5-8-25(24)37(30)3/h4-5,7-8,15,18,22-23,27,29,39,41H,6,9-12,14,16-17,19H2,1-3H3/t22?,23?,27-,29?,31?,32?,33-/m0/s1. The summed E-state index contributed by atoms with van der Waals surface area (Å²) in [4.78, 5) is 18.6. The molecule has 42 heavy (non-hydrogen) atoms. The monoisotopic (exact) mass is 585 g/mol. The van der Waals surface area contributed by atoms with Crippen LogP contribution in [-0.2, 0) is 24.8 Å². The number of allylic oxidation sites excluding steroid dienone is 1. The molecule has 8 nitrogen and oxygen atoms in total. The van der Waals surface area contributed by atoms with Gasteiger partial charge in [0.15, 0.2) is 10.9 Å². The number of hydrogen-bond acceptors (Lipinski definition) is 7. The molecular weight excluding hydrogens is 546 g/mol. The van der Waals surface area contributed by atoms with E-state index >= 15 is 0 Å². The van der Waals surface area contributed by atoms with Crippen LogP contribution in [0.5, 0.6) is 0 Å². The Morgan fingerprint density at radius 1 is 1.26 bits per heavy atom. The third-order valence-electron chi connectivity index (χ3n) is 11.6. The van der Waals surface area contributed by atoms with Gasteiger partial charge in [0, 0.05) is 12.5 Å². The molecule has 220 valence electrons. The van der Waals surface area contributed by atoms with E-state index in [4.69, 9.17) is 10.2 Å². The first-order chi connectivity index (χ1) is 20.1. The zero-order valence-corrected chi connectivity index (χ0v) is 25.4. The molecule has 0 radical (unpaired) electrons. The van der Waals surface area contributed by atoms with Crippen LogP contribution >= 0.6 is 11.8 Å². The van der Waals surface area contributed by atoms with Gasteiger partial charge in [-0.05, 0) is 85.5 Å². The molecule has 3 aromatic rings. The number of rotatable bonds is 6. The Hall–Kier alpha value is -2.93. The van der Waals surface area contributed by atoms with Gasteiger partial charge in [-0.2, -0.15) is 10.4 Å². The van der Waals surface area contributed by atoms with Crippen molar-refractivity contribution in [2.24, 2.45) is 35.6 Å². The zero-order chi connectivity index (χ0) is 29.4. The van der Waals surface area contributed by atoms with E-state index in [9.17, 15) is 15.0 Å². The van der Waals surface area contributed by atoms with Crippen molar-refractivity contribution in [1.82, 2.24) is 19.3 Å². The number of aliphatic hydroxyl groups is 2. The third-order valence-corrected chi connectivity index (χ3v) is 12.7. The molecule has 2 aromatic heterocycles. The summed E-state index contributed by atoms with van der Waals surface area (Å²) in [5, 5.41) is 38.5. The van der Waals surface area contributed by atoms with Gasteiger partial charge in [0.25, 0.3) is 0 Å². The highest BCUT2D eigenvalue weighted by Gasteiger charge is 2.68. The summed E-state index contributed by atoms with van der Waals surface area (Å²) in [5.41, 5.74) is 3.23. The topological polar surface area (TPSA) is 117 Å². The van der Waals surface area contributed by atoms with Crippen molar-refractivity contribution in [3.8, 4) is 6.07 Å². The number of imidazole rings is 1. The molecule has 0 amide bonds. The molecule has 7 atom stereocenters. The van der Waals surface area contributed by atoms with Gasteiger partial charge in [-0.15, -0.1) is 0 Å². The van der Waals surface area contributed by atoms with Gasteiger partial charge >= 0.3 is 0 Å². The SMILES string of the molecule is Cn1c(SCC(=O)[C@@]2(O)CCC3C4CCC5=Cc6c(cnn6CCC#N)CC5(C)C4[C@@H](O)CC32C)nc2ccccc21. The number of fused-ring (bicyclic) bond motifs is 7. The van der Waals surface area contributed by atoms with E-state index in [2.05, 4.69) is 31.1 Å². The molecular formula is C33H39N5O3S. The second-order valence-electron chi connectivity index (χ2n) is 13.5. The van der Waals surface area contributed by atoms with Crippen LogP contribution in [0.4, 0.5) is 0 Å². The molecule has 2 N–H and O–H groups in total. The minimum absolute atomic E-state index is 0.0676. The summed E-state index contributed by atoms with van der Waals surface area (Å²) >= 11 is 1.39. The fourth-order valence-electron chi connectivity index (χ4n) is 9.54. The smallest absolute Gasteiger partial charge is 0.175 e. The van der Waals surface area contributed by atoms with E-state index in [0.717, 1.165) is 47.6 Å². The Balaban J connectivity index is 1.13. The highest BCUT2D eigenvalue weighted by atomic mass is 32.2. The van der Waals surface area contributed by atoms with Crippen LogP contribution in [0.15, 0.2) is 41.2 Å². The highest BCUT2D eigenvalue weighted by molar-refractivity contribution is 7.99. The number of aryl methyl sites for hydroxylation is 2. The maximum Gasteiger partial charge on any atom is 0.175 e. The molecule has 0 aliphatic heterocycles. The molecule has 2 heterocycles. The van der Waals surface area contributed by atoms with E-state index in [-0.39, 0.29) is 34.7 Å². The Bertz CT molecular complexity index is 1650. The first-order valence-electron chi connectivity index (χ1n) is 15.2. The van der Waals surface area contributed by atoms with Crippen molar-refractivity contribution in [2.75, 3.05) is 5.75 Å². The summed E-state index contributed by atoms with van der Waals surface area (Å²) in [7, 11) is 1.96. The van der Waals surface area contributed by atoms with Crippen LogP contribution in [0.1, 0.15) is 63.6 Å². The molecule has 7 rings (SSSR count). The molecule has 3 saturated carbocycles. The van der Waals surface area contributed by atoms with Crippen LogP contribution in [0.3, 0.4) is 0 Å². The Morgan fingerprint density at radius 2 is 2.07 bits per heavy atom. The number of aliphatic hydroxyl groups excluding tert-OH is 1. The normalized spacial score (nSPS) is 35.1. The lowest BCUT2D eigenvalue weighted by Crippen LogP contribution is -2.62. The van der Waals surface area contributed by atoms with Crippen LogP contribution in [0, 0.1) is 39.9 Å². The summed E-state index contributed by atoms with van der Waals surface area (Å²) < 4.78 is 3.95. The quantitative estimate of drug-likeness (QED) is 0.394. The van der Waals surface area contributed by atoms with Crippen molar-refractivity contribution in [2.45, 2.75) is 82.2 Å². The minimum atomic E-state index is -1.46. The number of ketones is 1. The lowest BCUT2D eigenvalue weighted by molar-refractivity contribution is -0.177. The Morgan fingerprint density at radius 3 is 2.86 bits per heavy atom. The number of nitriles is 1. The van der Waals surface area contributed by atoms with Gasteiger partial charge in [-0.3, -0.25) is 9.48 Å². The van der Waals surface area contributed by atoms with Crippen molar-refractivity contribution in [3.05, 3.63) is 47.3 Å². The molecule has 5 unspecified atom stereocenters. The molecule has 4 aliphatic carbocycles. The molecule has 9 heteroatoms. The lowest BCUT2D eigenvalue weighted by atomic mass is 9.45. The molecule has 0 saturated heterocycles. The van der Waals surface area contributed by atoms with Crippen molar-refractivity contribution < 1.29 is 15.0 Å². The lowest BCUT2D eigenvalue weighted by Gasteiger charge is -2.60. The minimum Gasteiger partial charge on any atom is -0.393 e. The van der Waals surface area contributed by atoms with E-state index in [1.54, 1.807) is 0 Å². The Kier molecular flexibility index (Phi) is 6.50. The largest absolute Gasteiger partial charge is 0.393 e. The number of aromatic nitrogens is 4. The van der Waals surface area contributed by atoms with Gasteiger partial charge in [-0.25, -0.2) is 4.98 Å².